The highest BCUT2D eigenvalue weighted by Gasteiger charge is 2.26. The molecule has 1 saturated heterocycles. The fraction of sp³-hybridized carbons (Fsp3) is 0.407. The van der Waals surface area contributed by atoms with Gasteiger partial charge in [-0.05, 0) is 80.2 Å². The topological polar surface area (TPSA) is 90.4 Å². The quantitative estimate of drug-likeness (QED) is 0.544. The molecule has 3 aromatic rings. The normalized spacial score (nSPS) is 20.5. The minimum atomic E-state index is -3.87. The van der Waals surface area contributed by atoms with Crippen molar-refractivity contribution < 1.29 is 17.9 Å². The van der Waals surface area contributed by atoms with Crippen molar-refractivity contribution in [2.45, 2.75) is 44.4 Å². The van der Waals surface area contributed by atoms with Crippen LogP contribution in [0.2, 0.25) is 0 Å². The number of aryl methyl sites for hydroxylation is 2. The fourth-order valence-corrected chi connectivity index (χ4v) is 6.23. The minimum Gasteiger partial charge on any atom is -0.478 e. The summed E-state index contributed by atoms with van der Waals surface area (Å²) in [6, 6.07) is 15.0. The molecule has 1 fully saturated rings. The summed E-state index contributed by atoms with van der Waals surface area (Å²) in [6.07, 6.45) is 3.68. The van der Waals surface area contributed by atoms with Gasteiger partial charge in [-0.2, -0.15) is 4.98 Å². The van der Waals surface area contributed by atoms with Crippen LogP contribution in [-0.2, 0) is 21.2 Å². The maximum Gasteiger partial charge on any atom is 0.264 e. The number of benzene rings is 2. The van der Waals surface area contributed by atoms with Gasteiger partial charge in [0.15, 0.2) is 0 Å². The van der Waals surface area contributed by atoms with E-state index in [2.05, 4.69) is 14.7 Å². The molecular weight excluding hydrogens is 462 g/mol. The lowest BCUT2D eigenvalue weighted by atomic mass is 9.80. The lowest BCUT2D eigenvalue weighted by Gasteiger charge is -2.30. The molecule has 8 heteroatoms. The molecule has 1 N–H and O–H groups in total. The number of ether oxygens (including phenoxy) is 2. The Hall–Kier alpha value is -2.97. The zero-order chi connectivity index (χ0) is 24.4. The van der Waals surface area contributed by atoms with E-state index in [0.29, 0.717) is 30.0 Å². The Labute approximate surface area is 207 Å². The van der Waals surface area contributed by atoms with Crippen molar-refractivity contribution in [3.05, 3.63) is 65.2 Å². The molecule has 184 valence electrons. The Morgan fingerprint density at radius 1 is 0.886 bits per heavy atom. The average molecular weight is 494 g/mol. The van der Waals surface area contributed by atoms with E-state index in [9.17, 15) is 8.42 Å². The van der Waals surface area contributed by atoms with Crippen LogP contribution in [0.25, 0.3) is 11.3 Å². The Morgan fingerprint density at radius 3 is 2.37 bits per heavy atom. The van der Waals surface area contributed by atoms with Gasteiger partial charge in [-0.3, -0.25) is 0 Å². The van der Waals surface area contributed by atoms with E-state index in [4.69, 9.17) is 9.47 Å². The van der Waals surface area contributed by atoms with E-state index in [0.717, 1.165) is 61.2 Å². The first-order valence-electron chi connectivity index (χ1n) is 12.2. The average Bonchev–Trinajstić information content (AvgIpc) is 2.84. The molecule has 1 unspecified atom stereocenters. The van der Waals surface area contributed by atoms with Crippen LogP contribution >= 0.6 is 0 Å². The summed E-state index contributed by atoms with van der Waals surface area (Å²) in [4.78, 5) is 9.20. The highest BCUT2D eigenvalue weighted by atomic mass is 32.2. The van der Waals surface area contributed by atoms with Crippen molar-refractivity contribution in [3.63, 3.8) is 0 Å². The fourth-order valence-electron chi connectivity index (χ4n) is 5.22. The molecular formula is C27H31N3O4S. The van der Waals surface area contributed by atoms with Crippen LogP contribution in [0.3, 0.4) is 0 Å². The molecule has 3 heterocycles. The lowest BCUT2D eigenvalue weighted by molar-refractivity contribution is 0.0420. The predicted octanol–water partition coefficient (Wildman–Crippen LogP) is 4.93. The second kappa shape index (κ2) is 9.95. The molecule has 7 nitrogen and oxygen atoms in total. The Morgan fingerprint density at radius 2 is 1.60 bits per heavy atom. The number of sulfonamides is 1. The van der Waals surface area contributed by atoms with Gasteiger partial charge in [-0.1, -0.05) is 30.3 Å². The van der Waals surface area contributed by atoms with E-state index in [-0.39, 0.29) is 10.8 Å². The second-order valence-electron chi connectivity index (χ2n) is 9.49. The van der Waals surface area contributed by atoms with Crippen molar-refractivity contribution >= 4 is 16.0 Å². The third kappa shape index (κ3) is 5.33. The smallest absolute Gasteiger partial charge is 0.264 e. The first-order valence-corrected chi connectivity index (χ1v) is 13.7. The van der Waals surface area contributed by atoms with Crippen LogP contribution in [0.1, 0.15) is 36.0 Å². The van der Waals surface area contributed by atoms with Gasteiger partial charge < -0.3 is 9.47 Å². The number of nitrogens with one attached hydrogen (secondary N) is 1. The van der Waals surface area contributed by atoms with Crippen molar-refractivity contribution in [1.29, 1.82) is 0 Å². The van der Waals surface area contributed by atoms with Gasteiger partial charge in [0.25, 0.3) is 10.0 Å². The highest BCUT2D eigenvalue weighted by molar-refractivity contribution is 7.92. The third-order valence-electron chi connectivity index (χ3n) is 7.04. The van der Waals surface area contributed by atoms with E-state index < -0.39 is 10.0 Å². The van der Waals surface area contributed by atoms with Crippen LogP contribution in [0.15, 0.2) is 53.4 Å². The molecule has 2 aliphatic heterocycles. The monoisotopic (exact) mass is 493 g/mol. The number of nitrogens with zero attached hydrogens (tertiary/aromatic N) is 2. The largest absolute Gasteiger partial charge is 0.478 e. The molecule has 0 saturated carbocycles. The summed E-state index contributed by atoms with van der Waals surface area (Å²) in [7, 11) is -3.87. The number of anilines is 1. The first kappa shape index (κ1) is 23.8. The highest BCUT2D eigenvalue weighted by Crippen LogP contribution is 2.32. The summed E-state index contributed by atoms with van der Waals surface area (Å²) < 4.78 is 40.9. The van der Waals surface area contributed by atoms with Gasteiger partial charge in [-0.15, -0.1) is 0 Å². The first-order chi connectivity index (χ1) is 16.9. The van der Waals surface area contributed by atoms with Crippen molar-refractivity contribution in [3.8, 4) is 17.1 Å². The molecule has 2 aromatic carbocycles. The Balaban J connectivity index is 1.57. The van der Waals surface area contributed by atoms with Gasteiger partial charge in [-0.25, -0.2) is 18.1 Å². The van der Waals surface area contributed by atoms with Gasteiger partial charge in [0.1, 0.15) is 0 Å². The second-order valence-corrected chi connectivity index (χ2v) is 11.2. The summed E-state index contributed by atoms with van der Waals surface area (Å²) in [5.74, 6) is 1.25. The zero-order valence-electron chi connectivity index (χ0n) is 20.2. The van der Waals surface area contributed by atoms with Crippen molar-refractivity contribution in [1.82, 2.24) is 9.97 Å². The molecule has 1 atom stereocenters. The van der Waals surface area contributed by atoms with Gasteiger partial charge in [0, 0.05) is 24.8 Å². The maximum absolute atomic E-state index is 13.3. The molecule has 0 amide bonds. The van der Waals surface area contributed by atoms with Crippen LogP contribution < -0.4 is 9.46 Å². The number of hydrogen-bond donors (Lipinski definition) is 1. The molecule has 1 aromatic heterocycles. The van der Waals surface area contributed by atoms with Crippen LogP contribution in [0.4, 0.5) is 5.95 Å². The van der Waals surface area contributed by atoms with Crippen LogP contribution in [0.5, 0.6) is 5.88 Å². The Kier molecular flexibility index (Phi) is 6.75. The molecule has 5 rings (SSSR count). The van der Waals surface area contributed by atoms with E-state index >= 15 is 0 Å². The number of fused-ring (bicyclic) bond motifs is 4. The van der Waals surface area contributed by atoms with Crippen molar-refractivity contribution in [2.75, 3.05) is 24.5 Å². The lowest BCUT2D eigenvalue weighted by Crippen LogP contribution is -2.26. The standard InChI is InChI=1S/C27H31N3O4S/c1-18-5-3-6-19(2)26(18)24-17-25-29-27(28-24)30-35(31,32)23-8-4-7-20(16-23)15-22(11-14-34-25)21-9-12-33-13-10-21/h3-8,16-17,21-22H,9-15H2,1-2H3,(H,28,29,30). The minimum absolute atomic E-state index is 0.00535. The van der Waals surface area contributed by atoms with Gasteiger partial charge in [0.2, 0.25) is 11.8 Å². The number of rotatable bonds is 2. The number of aromatic nitrogens is 2. The summed E-state index contributed by atoms with van der Waals surface area (Å²) >= 11 is 0. The van der Waals surface area contributed by atoms with Gasteiger partial charge >= 0.3 is 0 Å². The molecule has 0 radical (unpaired) electrons. The van der Waals surface area contributed by atoms with E-state index in [1.807, 2.05) is 38.1 Å². The molecule has 0 spiro atoms. The van der Waals surface area contributed by atoms with Gasteiger partial charge in [0.05, 0.1) is 17.2 Å². The molecule has 4 bridgehead atoms. The van der Waals surface area contributed by atoms with Crippen molar-refractivity contribution in [2.24, 2.45) is 11.8 Å². The number of hydrogen-bond acceptors (Lipinski definition) is 6. The molecule has 0 aliphatic carbocycles. The van der Waals surface area contributed by atoms with E-state index in [1.54, 1.807) is 24.3 Å². The molecule has 2 aliphatic rings. The van der Waals surface area contributed by atoms with Crippen LogP contribution in [-0.4, -0.2) is 38.2 Å². The zero-order valence-corrected chi connectivity index (χ0v) is 21.0. The van der Waals surface area contributed by atoms with Crippen LogP contribution in [0, 0.1) is 25.7 Å². The Bertz CT molecular complexity index is 1300. The summed E-state index contributed by atoms with van der Waals surface area (Å²) in [5.41, 5.74) is 4.69. The van der Waals surface area contributed by atoms with E-state index in [1.165, 1.54) is 0 Å². The molecule has 35 heavy (non-hydrogen) atoms. The maximum atomic E-state index is 13.3. The SMILES string of the molecule is Cc1cccc(C)c1-c1cc2nc(n1)NS(=O)(=O)c1cccc(c1)CC(C1CCOCC1)CCO2. The summed E-state index contributed by atoms with van der Waals surface area (Å²) in [6.45, 7) is 6.07. The third-order valence-corrected chi connectivity index (χ3v) is 8.37. The summed E-state index contributed by atoms with van der Waals surface area (Å²) in [5, 5.41) is 0. The predicted molar refractivity (Wildman–Crippen MR) is 135 cm³/mol.